The van der Waals surface area contributed by atoms with Crippen LogP contribution in [0, 0.1) is 5.92 Å². The number of H-pyrrole nitrogens is 1. The average molecular weight is 508 g/mol. The fraction of sp³-hybridized carbons (Fsp3) is 0.565. The molecule has 2 fully saturated rings. The number of amides is 1. The molecule has 3 heterocycles. The first-order chi connectivity index (χ1) is 16.9. The number of hydrogen-bond acceptors (Lipinski definition) is 8. The van der Waals surface area contributed by atoms with Crippen molar-refractivity contribution in [2.45, 2.75) is 24.4 Å². The normalized spacial score (nSPS) is 18.4. The van der Waals surface area contributed by atoms with E-state index in [1.165, 1.54) is 16.8 Å². The molecule has 2 aliphatic rings. The molecule has 0 saturated carbocycles. The van der Waals surface area contributed by atoms with Crippen molar-refractivity contribution in [1.29, 1.82) is 0 Å². The summed E-state index contributed by atoms with van der Waals surface area (Å²) >= 11 is 0. The zero-order valence-corrected chi connectivity index (χ0v) is 21.2. The van der Waals surface area contributed by atoms with Crippen LogP contribution in [0.4, 0.5) is 0 Å². The number of methoxy groups -OCH3 is 3. The predicted octanol–water partition coefficient (Wildman–Crippen LogP) is 1.18. The molecule has 2 aliphatic heterocycles. The molecule has 2 saturated heterocycles. The van der Waals surface area contributed by atoms with Gasteiger partial charge in [-0.25, -0.2) is 13.4 Å². The molecule has 2 aromatic rings. The molecule has 0 aliphatic carbocycles. The van der Waals surface area contributed by atoms with Crippen molar-refractivity contribution in [2.24, 2.45) is 5.92 Å². The fourth-order valence-corrected chi connectivity index (χ4v) is 6.14. The number of carbonyl (C=O) groups is 1. The highest BCUT2D eigenvalue weighted by atomic mass is 32.2. The molecular formula is C23H33N5O6S. The maximum atomic E-state index is 13.1. The number of aromatic amines is 1. The number of ether oxygens (including phenoxy) is 3. The van der Waals surface area contributed by atoms with Crippen LogP contribution in [0.1, 0.15) is 18.4 Å². The van der Waals surface area contributed by atoms with Crippen LogP contribution in [-0.4, -0.2) is 99.0 Å². The molecule has 0 spiro atoms. The minimum atomic E-state index is -3.59. The van der Waals surface area contributed by atoms with Gasteiger partial charge >= 0.3 is 0 Å². The largest absolute Gasteiger partial charge is 0.493 e. The van der Waals surface area contributed by atoms with Gasteiger partial charge in [-0.1, -0.05) is 6.07 Å². The predicted molar refractivity (Wildman–Crippen MR) is 128 cm³/mol. The summed E-state index contributed by atoms with van der Waals surface area (Å²) < 4.78 is 43.2. The smallest absolute Gasteiger partial charge is 0.260 e. The molecule has 1 amide bonds. The summed E-state index contributed by atoms with van der Waals surface area (Å²) in [6, 6.07) is 3.85. The van der Waals surface area contributed by atoms with Crippen LogP contribution < -0.4 is 14.2 Å². The lowest BCUT2D eigenvalue weighted by molar-refractivity contribution is -0.138. The topological polar surface area (TPSA) is 117 Å². The number of rotatable bonds is 8. The van der Waals surface area contributed by atoms with Gasteiger partial charge in [0.15, 0.2) is 16.5 Å². The van der Waals surface area contributed by atoms with Crippen LogP contribution in [0.15, 0.2) is 29.7 Å². The second kappa shape index (κ2) is 10.8. The lowest BCUT2D eigenvalue weighted by Gasteiger charge is -2.38. The van der Waals surface area contributed by atoms with E-state index in [1.807, 2.05) is 17.0 Å². The number of piperazine rings is 1. The van der Waals surface area contributed by atoms with Gasteiger partial charge in [-0.15, -0.1) is 0 Å². The Morgan fingerprint density at radius 3 is 2.26 bits per heavy atom. The Kier molecular flexibility index (Phi) is 7.82. The van der Waals surface area contributed by atoms with E-state index in [9.17, 15) is 13.2 Å². The van der Waals surface area contributed by atoms with Crippen LogP contribution in [0.2, 0.25) is 0 Å². The van der Waals surface area contributed by atoms with E-state index >= 15 is 0 Å². The Hall–Kier alpha value is -2.83. The summed E-state index contributed by atoms with van der Waals surface area (Å²) in [4.78, 5) is 23.8. The highest BCUT2D eigenvalue weighted by Gasteiger charge is 2.35. The van der Waals surface area contributed by atoms with Gasteiger partial charge in [0.2, 0.25) is 11.7 Å². The number of imidazole rings is 1. The molecule has 1 aromatic carbocycles. The molecule has 12 heteroatoms. The van der Waals surface area contributed by atoms with Crippen LogP contribution in [-0.2, 0) is 21.4 Å². The maximum absolute atomic E-state index is 13.1. The highest BCUT2D eigenvalue weighted by molar-refractivity contribution is 7.89. The second-order valence-corrected chi connectivity index (χ2v) is 10.6. The van der Waals surface area contributed by atoms with Crippen molar-refractivity contribution in [3.8, 4) is 17.2 Å². The van der Waals surface area contributed by atoms with E-state index in [4.69, 9.17) is 14.2 Å². The zero-order valence-electron chi connectivity index (χ0n) is 20.4. The number of hydrogen-bond donors (Lipinski definition) is 1. The molecule has 0 radical (unpaired) electrons. The minimum Gasteiger partial charge on any atom is -0.493 e. The summed E-state index contributed by atoms with van der Waals surface area (Å²) in [6.45, 7) is 4.11. The van der Waals surface area contributed by atoms with E-state index in [1.54, 1.807) is 21.3 Å². The van der Waals surface area contributed by atoms with Crippen molar-refractivity contribution in [3.63, 3.8) is 0 Å². The number of nitrogens with one attached hydrogen (secondary N) is 1. The van der Waals surface area contributed by atoms with Crippen molar-refractivity contribution < 1.29 is 27.4 Å². The van der Waals surface area contributed by atoms with Gasteiger partial charge in [-0.05, 0) is 18.9 Å². The summed E-state index contributed by atoms with van der Waals surface area (Å²) in [6.07, 6.45) is 3.71. The quantitative estimate of drug-likeness (QED) is 0.566. The third-order valence-corrected chi connectivity index (χ3v) is 8.58. The average Bonchev–Trinajstić information content (AvgIpc) is 3.44. The van der Waals surface area contributed by atoms with Gasteiger partial charge in [0, 0.05) is 57.3 Å². The van der Waals surface area contributed by atoms with E-state index < -0.39 is 10.0 Å². The number of sulfonamides is 1. The van der Waals surface area contributed by atoms with Gasteiger partial charge in [-0.3, -0.25) is 9.69 Å². The van der Waals surface area contributed by atoms with Gasteiger partial charge < -0.3 is 24.1 Å². The molecule has 0 atom stereocenters. The molecule has 35 heavy (non-hydrogen) atoms. The van der Waals surface area contributed by atoms with Crippen molar-refractivity contribution >= 4 is 15.9 Å². The number of carbonyl (C=O) groups excluding carboxylic acids is 1. The summed E-state index contributed by atoms with van der Waals surface area (Å²) in [5, 5.41) is 0.0875. The number of aromatic nitrogens is 2. The molecule has 0 unspecified atom stereocenters. The molecule has 0 bridgehead atoms. The van der Waals surface area contributed by atoms with E-state index in [-0.39, 0.29) is 16.9 Å². The van der Waals surface area contributed by atoms with E-state index in [2.05, 4.69) is 14.9 Å². The first kappa shape index (κ1) is 25.3. The molecular weight excluding hydrogens is 474 g/mol. The lowest BCUT2D eigenvalue weighted by atomic mass is 9.96. The third-order valence-electron chi connectivity index (χ3n) is 6.76. The van der Waals surface area contributed by atoms with Crippen molar-refractivity contribution in [2.75, 3.05) is 60.6 Å². The van der Waals surface area contributed by atoms with Crippen molar-refractivity contribution in [1.82, 2.24) is 24.1 Å². The lowest BCUT2D eigenvalue weighted by Crippen LogP contribution is -2.51. The zero-order chi connectivity index (χ0) is 25.0. The van der Waals surface area contributed by atoms with Crippen LogP contribution in [0.25, 0.3) is 0 Å². The van der Waals surface area contributed by atoms with Crippen molar-refractivity contribution in [3.05, 3.63) is 30.2 Å². The Morgan fingerprint density at radius 1 is 1.00 bits per heavy atom. The molecule has 192 valence electrons. The summed E-state index contributed by atoms with van der Waals surface area (Å²) in [5.74, 6) is 1.81. The molecule has 4 rings (SSSR count). The number of benzene rings is 1. The van der Waals surface area contributed by atoms with E-state index in [0.717, 1.165) is 18.7 Å². The SMILES string of the molecule is COc1ccc(CN2CCN(C(=O)C3CCN(S(=O)(=O)c4cnc[nH]4)CC3)CC2)c(OC)c1OC. The van der Waals surface area contributed by atoms with Gasteiger partial charge in [0.05, 0.1) is 33.9 Å². The van der Waals surface area contributed by atoms with Crippen LogP contribution in [0.3, 0.4) is 0 Å². The Bertz CT molecular complexity index is 1110. The monoisotopic (exact) mass is 507 g/mol. The molecule has 1 N–H and O–H groups in total. The summed E-state index contributed by atoms with van der Waals surface area (Å²) in [7, 11) is 1.21. The Morgan fingerprint density at radius 2 is 1.69 bits per heavy atom. The standard InChI is InChI=1S/C23H33N5O6S/c1-32-19-5-4-18(21(33-2)22(19)34-3)15-26-10-12-27(13-11-26)23(29)17-6-8-28(9-7-17)35(30,31)20-14-24-16-25-20/h4-5,14,16-17H,6-13,15H2,1-3H3,(H,24,25). The van der Waals surface area contributed by atoms with Gasteiger partial charge in [0.25, 0.3) is 10.0 Å². The first-order valence-corrected chi connectivity index (χ1v) is 13.1. The van der Waals surface area contributed by atoms with Gasteiger partial charge in [0.1, 0.15) is 0 Å². The fourth-order valence-electron chi connectivity index (χ4n) is 4.78. The Balaban J connectivity index is 1.30. The molecule has 1 aromatic heterocycles. The first-order valence-electron chi connectivity index (χ1n) is 11.7. The second-order valence-electron chi connectivity index (χ2n) is 8.69. The highest BCUT2D eigenvalue weighted by Crippen LogP contribution is 2.40. The third kappa shape index (κ3) is 5.24. The van der Waals surface area contributed by atoms with Gasteiger partial charge in [-0.2, -0.15) is 4.31 Å². The van der Waals surface area contributed by atoms with Crippen LogP contribution >= 0.6 is 0 Å². The maximum Gasteiger partial charge on any atom is 0.260 e. The summed E-state index contributed by atoms with van der Waals surface area (Å²) in [5.41, 5.74) is 0.996. The number of nitrogens with zero attached hydrogens (tertiary/aromatic N) is 4. The van der Waals surface area contributed by atoms with E-state index in [0.29, 0.717) is 62.8 Å². The Labute approximate surface area is 206 Å². The molecule has 11 nitrogen and oxygen atoms in total. The number of piperidine rings is 1. The van der Waals surface area contributed by atoms with Crippen LogP contribution in [0.5, 0.6) is 17.2 Å². The minimum absolute atomic E-state index is 0.0875.